The first-order valence-electron chi connectivity index (χ1n) is 6.92. The van der Waals surface area contributed by atoms with Gasteiger partial charge in [0.25, 0.3) is 0 Å². The Labute approximate surface area is 143 Å². The topological polar surface area (TPSA) is 52.3 Å². The van der Waals surface area contributed by atoms with Gasteiger partial charge in [0.05, 0.1) is 17.7 Å². The second-order valence-electron chi connectivity index (χ2n) is 4.89. The van der Waals surface area contributed by atoms with Crippen molar-refractivity contribution in [2.45, 2.75) is 19.9 Å². The Balaban J connectivity index is 2.40. The average Bonchev–Trinajstić information content (AvgIpc) is 2.49. The van der Waals surface area contributed by atoms with Crippen molar-refractivity contribution >= 4 is 33.3 Å². The van der Waals surface area contributed by atoms with Crippen LogP contribution in [0.25, 0.3) is 0 Å². The van der Waals surface area contributed by atoms with Crippen molar-refractivity contribution < 1.29 is 9.53 Å². The molecule has 3 nitrogen and oxygen atoms in total. The molecular weight excluding hydrogens is 366 g/mol. The predicted molar refractivity (Wildman–Crippen MR) is 92.8 cm³/mol. The summed E-state index contributed by atoms with van der Waals surface area (Å²) in [5.74, 6) is 0.703. The number of hydrogen-bond acceptors (Lipinski definition) is 3. The second kappa shape index (κ2) is 7.27. The molecule has 0 fully saturated rings. The zero-order chi connectivity index (χ0) is 16.3. The van der Waals surface area contributed by atoms with Crippen LogP contribution < -0.4 is 10.5 Å². The zero-order valence-electron chi connectivity index (χ0n) is 12.4. The summed E-state index contributed by atoms with van der Waals surface area (Å²) in [6.45, 7) is 4.04. The molecule has 0 saturated carbocycles. The summed E-state index contributed by atoms with van der Waals surface area (Å²) in [7, 11) is 0. The first-order chi connectivity index (χ1) is 10.4. The lowest BCUT2D eigenvalue weighted by molar-refractivity contribution is 0.101. The van der Waals surface area contributed by atoms with Gasteiger partial charge in [-0.25, -0.2) is 0 Å². The fraction of sp³-hybridized carbons (Fsp3) is 0.235. The maximum atomic E-state index is 11.7. The molecule has 2 rings (SSSR count). The predicted octanol–water partition coefficient (Wildman–Crippen LogP) is 4.75. The maximum Gasteiger partial charge on any atom is 0.161 e. The average molecular weight is 383 g/mol. The minimum atomic E-state index is -0.418. The first-order valence-corrected chi connectivity index (χ1v) is 8.09. The van der Waals surface area contributed by atoms with Crippen LogP contribution in [-0.4, -0.2) is 12.4 Å². The summed E-state index contributed by atoms with van der Waals surface area (Å²) in [5, 5.41) is 0.400. The quantitative estimate of drug-likeness (QED) is 0.759. The Hall–Kier alpha value is -1.36. The van der Waals surface area contributed by atoms with Gasteiger partial charge in [-0.1, -0.05) is 39.7 Å². The lowest BCUT2D eigenvalue weighted by Gasteiger charge is -2.17. The highest BCUT2D eigenvalue weighted by molar-refractivity contribution is 9.10. The smallest absolute Gasteiger partial charge is 0.161 e. The lowest BCUT2D eigenvalue weighted by atomic mass is 9.97. The highest BCUT2D eigenvalue weighted by atomic mass is 79.9. The van der Waals surface area contributed by atoms with Gasteiger partial charge in [-0.2, -0.15) is 0 Å². The Bertz CT molecular complexity index is 686. The minimum Gasteiger partial charge on any atom is -0.494 e. The molecule has 1 atom stereocenters. The van der Waals surface area contributed by atoms with Gasteiger partial charge in [-0.15, -0.1) is 0 Å². The van der Waals surface area contributed by atoms with Crippen LogP contribution in [0.2, 0.25) is 5.02 Å². The molecule has 2 aromatic rings. The third kappa shape index (κ3) is 3.69. The Kier molecular flexibility index (Phi) is 5.62. The van der Waals surface area contributed by atoms with Crippen molar-refractivity contribution in [2.75, 3.05) is 6.61 Å². The summed E-state index contributed by atoms with van der Waals surface area (Å²) in [6, 6.07) is 10.7. The molecule has 22 heavy (non-hydrogen) atoms. The number of carbonyl (C=O) groups excluding carboxylic acids is 1. The van der Waals surface area contributed by atoms with Gasteiger partial charge in [-0.3, -0.25) is 4.79 Å². The number of ketones is 1. The molecular formula is C17H17BrClNO2. The van der Waals surface area contributed by atoms with Gasteiger partial charge in [-0.05, 0) is 49.2 Å². The van der Waals surface area contributed by atoms with Crippen LogP contribution in [0, 0.1) is 0 Å². The summed E-state index contributed by atoms with van der Waals surface area (Å²) in [5.41, 5.74) is 8.40. The molecule has 0 aromatic heterocycles. The molecule has 0 heterocycles. The van der Waals surface area contributed by atoms with Gasteiger partial charge < -0.3 is 10.5 Å². The van der Waals surface area contributed by atoms with Crippen molar-refractivity contribution in [2.24, 2.45) is 5.73 Å². The van der Waals surface area contributed by atoms with Gasteiger partial charge in [0.2, 0.25) is 0 Å². The largest absolute Gasteiger partial charge is 0.494 e. The number of halogens is 2. The van der Waals surface area contributed by atoms with Crippen molar-refractivity contribution in [3.63, 3.8) is 0 Å². The van der Waals surface area contributed by atoms with E-state index in [-0.39, 0.29) is 5.78 Å². The highest BCUT2D eigenvalue weighted by Crippen LogP contribution is 2.33. The third-order valence-corrected chi connectivity index (χ3v) is 4.21. The van der Waals surface area contributed by atoms with Crippen LogP contribution in [0.15, 0.2) is 40.9 Å². The molecule has 2 N–H and O–H groups in total. The van der Waals surface area contributed by atoms with Crippen LogP contribution in [0.4, 0.5) is 0 Å². The molecule has 0 bridgehead atoms. The standard InChI is InChI=1S/C17H17BrClNO2/c1-3-22-13-6-4-11(5-7-13)17(20)15-9-12(18)8-14(10(2)21)16(15)19/h4-9,17H,3,20H2,1-2H3. The van der Waals surface area contributed by atoms with Crippen LogP contribution >= 0.6 is 27.5 Å². The van der Waals surface area contributed by atoms with E-state index in [0.717, 1.165) is 15.8 Å². The summed E-state index contributed by atoms with van der Waals surface area (Å²) in [6.07, 6.45) is 0. The Morgan fingerprint density at radius 3 is 2.50 bits per heavy atom. The van der Waals surface area contributed by atoms with Gasteiger partial charge in [0.1, 0.15) is 5.75 Å². The molecule has 2 aromatic carbocycles. The second-order valence-corrected chi connectivity index (χ2v) is 6.19. The summed E-state index contributed by atoms with van der Waals surface area (Å²) >= 11 is 9.76. The summed E-state index contributed by atoms with van der Waals surface area (Å²) in [4.78, 5) is 11.7. The molecule has 0 spiro atoms. The van der Waals surface area contributed by atoms with E-state index in [2.05, 4.69) is 15.9 Å². The number of rotatable bonds is 5. The van der Waals surface area contributed by atoms with E-state index in [0.29, 0.717) is 22.8 Å². The number of Topliss-reactive ketones (excluding diaryl/α,β-unsaturated/α-hetero) is 1. The molecule has 1 unspecified atom stereocenters. The van der Waals surface area contributed by atoms with Gasteiger partial charge >= 0.3 is 0 Å². The number of hydrogen-bond donors (Lipinski definition) is 1. The fourth-order valence-electron chi connectivity index (χ4n) is 2.21. The molecule has 116 valence electrons. The highest BCUT2D eigenvalue weighted by Gasteiger charge is 2.18. The van der Waals surface area contributed by atoms with Crippen LogP contribution in [-0.2, 0) is 0 Å². The number of carbonyl (C=O) groups is 1. The first kappa shape index (κ1) is 17.0. The van der Waals surface area contributed by atoms with Crippen LogP contribution in [0.3, 0.4) is 0 Å². The van der Waals surface area contributed by atoms with E-state index in [1.54, 1.807) is 6.07 Å². The van der Waals surface area contributed by atoms with E-state index in [9.17, 15) is 4.79 Å². The monoisotopic (exact) mass is 381 g/mol. The normalized spacial score (nSPS) is 12.0. The van der Waals surface area contributed by atoms with Crippen molar-refractivity contribution in [3.05, 3.63) is 62.6 Å². The zero-order valence-corrected chi connectivity index (χ0v) is 14.7. The Morgan fingerprint density at radius 2 is 1.95 bits per heavy atom. The van der Waals surface area contributed by atoms with E-state index < -0.39 is 6.04 Å². The third-order valence-electron chi connectivity index (χ3n) is 3.33. The molecule has 5 heteroatoms. The van der Waals surface area contributed by atoms with Crippen LogP contribution in [0.1, 0.15) is 41.4 Å². The molecule has 0 aliphatic carbocycles. The van der Waals surface area contributed by atoms with E-state index in [4.69, 9.17) is 22.1 Å². The maximum absolute atomic E-state index is 11.7. The fourth-order valence-corrected chi connectivity index (χ4v) is 3.05. The van der Waals surface area contributed by atoms with Crippen LogP contribution in [0.5, 0.6) is 5.75 Å². The SMILES string of the molecule is CCOc1ccc(C(N)c2cc(Br)cc(C(C)=O)c2Cl)cc1. The number of nitrogens with two attached hydrogens (primary N) is 1. The molecule has 0 aliphatic rings. The van der Waals surface area contributed by atoms with Gasteiger partial charge in [0, 0.05) is 10.0 Å². The molecule has 0 amide bonds. The van der Waals surface area contributed by atoms with E-state index in [1.807, 2.05) is 37.3 Å². The molecule has 0 saturated heterocycles. The van der Waals surface area contributed by atoms with Crippen molar-refractivity contribution in [1.29, 1.82) is 0 Å². The number of benzene rings is 2. The van der Waals surface area contributed by atoms with E-state index >= 15 is 0 Å². The summed E-state index contributed by atoms with van der Waals surface area (Å²) < 4.78 is 6.20. The molecule has 0 radical (unpaired) electrons. The number of ether oxygens (including phenoxy) is 1. The van der Waals surface area contributed by atoms with E-state index in [1.165, 1.54) is 6.92 Å². The Morgan fingerprint density at radius 1 is 1.32 bits per heavy atom. The van der Waals surface area contributed by atoms with Crippen molar-refractivity contribution in [3.8, 4) is 5.75 Å². The minimum absolute atomic E-state index is 0.0913. The molecule has 0 aliphatic heterocycles. The van der Waals surface area contributed by atoms with Gasteiger partial charge in [0.15, 0.2) is 5.78 Å². The van der Waals surface area contributed by atoms with Crippen molar-refractivity contribution in [1.82, 2.24) is 0 Å². The lowest BCUT2D eigenvalue weighted by Crippen LogP contribution is -2.14.